The Morgan fingerprint density at radius 1 is 1.50 bits per heavy atom. The summed E-state index contributed by atoms with van der Waals surface area (Å²) in [5.74, 6) is 0.789. The first-order chi connectivity index (χ1) is 9.79. The highest BCUT2D eigenvalue weighted by Gasteiger charge is 2.37. The minimum absolute atomic E-state index is 0.155. The number of carbonyl (C=O) groups is 1. The van der Waals surface area contributed by atoms with Gasteiger partial charge in [-0.25, -0.2) is 0 Å². The van der Waals surface area contributed by atoms with Crippen molar-refractivity contribution in [2.45, 2.75) is 25.4 Å². The molecule has 0 bridgehead atoms. The van der Waals surface area contributed by atoms with E-state index in [1.807, 2.05) is 27.8 Å². The standard InChI is InChI=1S/C15H23N3O2/c1-20-9-8-17-7-3-5-14(17)15(19)18-10-12-4-2-6-16-13(12)11-18/h3,5,7,12-13,16H,2,4,6,8-11H2,1H3/t12-,13+/m0/s1. The van der Waals surface area contributed by atoms with Gasteiger partial charge in [-0.3, -0.25) is 4.79 Å². The van der Waals surface area contributed by atoms with Gasteiger partial charge in [0.2, 0.25) is 0 Å². The zero-order chi connectivity index (χ0) is 13.9. The molecule has 2 aliphatic heterocycles. The van der Waals surface area contributed by atoms with E-state index in [-0.39, 0.29) is 5.91 Å². The Kier molecular flexibility index (Phi) is 4.08. The molecule has 1 aromatic heterocycles. The third-order valence-corrected chi connectivity index (χ3v) is 4.47. The maximum absolute atomic E-state index is 12.7. The number of hydrogen-bond donors (Lipinski definition) is 1. The summed E-state index contributed by atoms with van der Waals surface area (Å²) < 4.78 is 7.08. The minimum Gasteiger partial charge on any atom is -0.383 e. The van der Waals surface area contributed by atoms with Crippen molar-refractivity contribution < 1.29 is 9.53 Å². The predicted molar refractivity (Wildman–Crippen MR) is 76.7 cm³/mol. The van der Waals surface area contributed by atoms with Crippen molar-refractivity contribution >= 4 is 5.91 Å². The lowest BCUT2D eigenvalue weighted by atomic mass is 9.94. The second-order valence-electron chi connectivity index (χ2n) is 5.75. The van der Waals surface area contributed by atoms with Crippen LogP contribution in [0.2, 0.25) is 0 Å². The number of methoxy groups -OCH3 is 1. The van der Waals surface area contributed by atoms with Gasteiger partial charge in [-0.05, 0) is 37.4 Å². The lowest BCUT2D eigenvalue weighted by Crippen LogP contribution is -2.41. The van der Waals surface area contributed by atoms with Gasteiger partial charge in [0, 0.05) is 39.0 Å². The van der Waals surface area contributed by atoms with E-state index in [0.29, 0.717) is 18.6 Å². The van der Waals surface area contributed by atoms with Gasteiger partial charge < -0.3 is 19.5 Å². The SMILES string of the molecule is COCCn1cccc1C(=O)N1C[C@@H]2CCCN[C@@H]2C1. The predicted octanol–water partition coefficient (Wildman–Crippen LogP) is 0.958. The number of nitrogens with one attached hydrogen (secondary N) is 1. The Balaban J connectivity index is 1.68. The lowest BCUT2D eigenvalue weighted by molar-refractivity contribution is 0.0772. The van der Waals surface area contributed by atoms with Crippen molar-refractivity contribution in [2.24, 2.45) is 5.92 Å². The van der Waals surface area contributed by atoms with Gasteiger partial charge in [-0.1, -0.05) is 0 Å². The molecule has 0 aliphatic carbocycles. The van der Waals surface area contributed by atoms with Gasteiger partial charge in [-0.2, -0.15) is 0 Å². The van der Waals surface area contributed by atoms with Crippen LogP contribution in [0.5, 0.6) is 0 Å². The number of aromatic nitrogens is 1. The summed E-state index contributed by atoms with van der Waals surface area (Å²) in [6.45, 7) is 4.18. The van der Waals surface area contributed by atoms with Gasteiger partial charge in [0.15, 0.2) is 0 Å². The van der Waals surface area contributed by atoms with Crippen LogP contribution in [0.4, 0.5) is 0 Å². The van der Waals surface area contributed by atoms with Gasteiger partial charge in [-0.15, -0.1) is 0 Å². The fourth-order valence-electron chi connectivity index (χ4n) is 3.37. The van der Waals surface area contributed by atoms with E-state index < -0.39 is 0 Å². The van der Waals surface area contributed by atoms with Crippen molar-refractivity contribution in [3.63, 3.8) is 0 Å². The molecule has 2 aliphatic rings. The molecule has 0 radical (unpaired) electrons. The summed E-state index contributed by atoms with van der Waals surface area (Å²) in [4.78, 5) is 14.7. The Morgan fingerprint density at radius 2 is 2.40 bits per heavy atom. The average molecular weight is 277 g/mol. The molecule has 1 N–H and O–H groups in total. The summed E-state index contributed by atoms with van der Waals surface area (Å²) in [7, 11) is 1.68. The molecular weight excluding hydrogens is 254 g/mol. The molecule has 20 heavy (non-hydrogen) atoms. The van der Waals surface area contributed by atoms with Crippen LogP contribution in [-0.2, 0) is 11.3 Å². The minimum atomic E-state index is 0.155. The third-order valence-electron chi connectivity index (χ3n) is 4.47. The van der Waals surface area contributed by atoms with Crippen molar-refractivity contribution in [1.29, 1.82) is 0 Å². The van der Waals surface area contributed by atoms with Crippen LogP contribution in [0.25, 0.3) is 0 Å². The second kappa shape index (κ2) is 5.97. The first-order valence-electron chi connectivity index (χ1n) is 7.46. The third kappa shape index (κ3) is 2.60. The fraction of sp³-hybridized carbons (Fsp3) is 0.667. The summed E-state index contributed by atoms with van der Waals surface area (Å²) in [5, 5.41) is 3.54. The van der Waals surface area contributed by atoms with E-state index in [0.717, 1.165) is 31.9 Å². The molecule has 1 aromatic rings. The number of carbonyl (C=O) groups excluding carboxylic acids is 1. The summed E-state index contributed by atoms with van der Waals surface area (Å²) in [6, 6.07) is 4.34. The van der Waals surface area contributed by atoms with Crippen LogP contribution < -0.4 is 5.32 Å². The number of rotatable bonds is 4. The summed E-state index contributed by atoms with van der Waals surface area (Å²) in [5.41, 5.74) is 0.778. The number of hydrogen-bond acceptors (Lipinski definition) is 3. The molecule has 0 saturated carbocycles. The molecule has 5 heteroatoms. The molecule has 2 saturated heterocycles. The maximum Gasteiger partial charge on any atom is 0.270 e. The zero-order valence-corrected chi connectivity index (χ0v) is 12.0. The highest BCUT2D eigenvalue weighted by Crippen LogP contribution is 2.26. The number of likely N-dealkylation sites (tertiary alicyclic amines) is 1. The van der Waals surface area contributed by atoms with Crippen LogP contribution in [0.3, 0.4) is 0 Å². The van der Waals surface area contributed by atoms with Crippen LogP contribution >= 0.6 is 0 Å². The normalized spacial score (nSPS) is 25.8. The topological polar surface area (TPSA) is 46.5 Å². The summed E-state index contributed by atoms with van der Waals surface area (Å²) >= 11 is 0. The molecular formula is C15H23N3O2. The Hall–Kier alpha value is -1.33. The Morgan fingerprint density at radius 3 is 3.20 bits per heavy atom. The first kappa shape index (κ1) is 13.6. The number of amides is 1. The van der Waals surface area contributed by atoms with Gasteiger partial charge in [0.05, 0.1) is 6.61 Å². The van der Waals surface area contributed by atoms with Crippen LogP contribution in [0.1, 0.15) is 23.3 Å². The first-order valence-corrected chi connectivity index (χ1v) is 7.46. The fourth-order valence-corrected chi connectivity index (χ4v) is 3.37. The zero-order valence-electron chi connectivity index (χ0n) is 12.0. The van der Waals surface area contributed by atoms with E-state index in [1.165, 1.54) is 12.8 Å². The Bertz CT molecular complexity index is 457. The molecule has 1 amide bonds. The lowest BCUT2D eigenvalue weighted by Gasteiger charge is -2.24. The highest BCUT2D eigenvalue weighted by molar-refractivity contribution is 5.93. The average Bonchev–Trinajstić information content (AvgIpc) is 3.10. The van der Waals surface area contributed by atoms with Gasteiger partial charge >= 0.3 is 0 Å². The van der Waals surface area contributed by atoms with Crippen LogP contribution in [0.15, 0.2) is 18.3 Å². The molecule has 2 atom stereocenters. The molecule has 5 nitrogen and oxygen atoms in total. The number of piperidine rings is 1. The Labute approximate surface area is 119 Å². The van der Waals surface area contributed by atoms with E-state index in [1.54, 1.807) is 7.11 Å². The quantitative estimate of drug-likeness (QED) is 0.891. The van der Waals surface area contributed by atoms with E-state index in [2.05, 4.69) is 5.32 Å². The molecule has 0 unspecified atom stereocenters. The van der Waals surface area contributed by atoms with Crippen LogP contribution in [-0.4, -0.2) is 54.8 Å². The van der Waals surface area contributed by atoms with Crippen molar-refractivity contribution in [2.75, 3.05) is 33.4 Å². The molecule has 110 valence electrons. The smallest absolute Gasteiger partial charge is 0.270 e. The number of ether oxygens (including phenoxy) is 1. The molecule has 2 fully saturated rings. The number of fused-ring (bicyclic) bond motifs is 1. The maximum atomic E-state index is 12.7. The van der Waals surface area contributed by atoms with Crippen molar-refractivity contribution in [3.8, 4) is 0 Å². The number of nitrogens with zero attached hydrogens (tertiary/aromatic N) is 2. The summed E-state index contributed by atoms with van der Waals surface area (Å²) in [6.07, 6.45) is 4.42. The second-order valence-corrected chi connectivity index (χ2v) is 5.75. The van der Waals surface area contributed by atoms with Crippen molar-refractivity contribution in [3.05, 3.63) is 24.0 Å². The molecule has 3 rings (SSSR count). The molecule has 0 spiro atoms. The largest absolute Gasteiger partial charge is 0.383 e. The van der Waals surface area contributed by atoms with E-state index in [4.69, 9.17) is 4.74 Å². The van der Waals surface area contributed by atoms with Crippen LogP contribution in [0, 0.1) is 5.92 Å². The van der Waals surface area contributed by atoms with E-state index in [9.17, 15) is 4.79 Å². The monoisotopic (exact) mass is 277 g/mol. The van der Waals surface area contributed by atoms with Gasteiger partial charge in [0.25, 0.3) is 5.91 Å². The highest BCUT2D eigenvalue weighted by atomic mass is 16.5. The van der Waals surface area contributed by atoms with E-state index >= 15 is 0 Å². The molecule has 3 heterocycles. The van der Waals surface area contributed by atoms with Crippen molar-refractivity contribution in [1.82, 2.24) is 14.8 Å². The molecule has 0 aromatic carbocycles. The van der Waals surface area contributed by atoms with Gasteiger partial charge in [0.1, 0.15) is 5.69 Å².